The number of benzene rings is 2. The summed E-state index contributed by atoms with van der Waals surface area (Å²) in [7, 11) is 0. The molecule has 0 saturated carbocycles. The number of hydrogen-bond donors (Lipinski definition) is 2. The summed E-state index contributed by atoms with van der Waals surface area (Å²) in [6, 6.07) is 13.0. The molecule has 1 atom stereocenters. The minimum atomic E-state index is -2.98. The van der Waals surface area contributed by atoms with E-state index in [1.807, 2.05) is 0 Å². The molecule has 222 valence electrons. The van der Waals surface area contributed by atoms with E-state index in [9.17, 15) is 31.5 Å². The van der Waals surface area contributed by atoms with Crippen molar-refractivity contribution >= 4 is 17.6 Å². The Morgan fingerprint density at radius 3 is 2.38 bits per heavy atom. The Labute approximate surface area is 237 Å². The van der Waals surface area contributed by atoms with Gasteiger partial charge in [0.15, 0.2) is 11.4 Å². The largest absolute Gasteiger partial charge is 0.485 e. The smallest absolute Gasteiger partial charge is 0.408 e. The van der Waals surface area contributed by atoms with Gasteiger partial charge in [-0.25, -0.2) is 31.7 Å². The molecule has 0 bridgehead atoms. The number of aryl methyl sites for hydroxylation is 1. The number of alkyl halides is 3. The Kier molecular flexibility index (Phi) is 9.28. The fourth-order valence-electron chi connectivity index (χ4n) is 4.06. The van der Waals surface area contributed by atoms with Crippen LogP contribution in [0.1, 0.15) is 46.2 Å². The topological polar surface area (TPSA) is 94.0 Å². The molecule has 0 radical (unpaired) electrons. The molecule has 4 aromatic rings. The lowest BCUT2D eigenvalue weighted by Gasteiger charge is -2.27. The van der Waals surface area contributed by atoms with Gasteiger partial charge < -0.3 is 20.1 Å². The first-order valence-corrected chi connectivity index (χ1v) is 12.7. The van der Waals surface area contributed by atoms with Crippen LogP contribution >= 0.6 is 0 Å². The van der Waals surface area contributed by atoms with E-state index >= 15 is 0 Å². The van der Waals surface area contributed by atoms with Gasteiger partial charge in [0.25, 0.3) is 12.3 Å². The van der Waals surface area contributed by atoms with Crippen molar-refractivity contribution in [2.75, 3.05) is 13.2 Å². The molecule has 4 rings (SSSR count). The number of aromatic nitrogens is 2. The Bertz CT molecular complexity index is 1560. The Morgan fingerprint density at radius 2 is 1.74 bits per heavy atom. The van der Waals surface area contributed by atoms with Crippen molar-refractivity contribution in [2.45, 2.75) is 39.0 Å². The van der Waals surface area contributed by atoms with Crippen molar-refractivity contribution in [2.24, 2.45) is 0 Å². The molecule has 0 spiro atoms. The van der Waals surface area contributed by atoms with Crippen molar-refractivity contribution in [3.05, 3.63) is 101 Å². The van der Waals surface area contributed by atoms with Crippen LogP contribution in [0.5, 0.6) is 5.75 Å². The van der Waals surface area contributed by atoms with Crippen LogP contribution in [-0.2, 0) is 18.0 Å². The fourth-order valence-corrected chi connectivity index (χ4v) is 4.06. The van der Waals surface area contributed by atoms with Crippen LogP contribution in [-0.4, -0.2) is 40.1 Å². The van der Waals surface area contributed by atoms with E-state index in [0.29, 0.717) is 0 Å². The Morgan fingerprint density at radius 1 is 1.05 bits per heavy atom. The van der Waals surface area contributed by atoms with Gasteiger partial charge >= 0.3 is 6.09 Å². The quantitative estimate of drug-likeness (QED) is 0.215. The molecule has 0 aliphatic heterocycles. The maximum absolute atomic E-state index is 14.1. The van der Waals surface area contributed by atoms with Gasteiger partial charge in [-0.15, -0.1) is 0 Å². The first-order chi connectivity index (χ1) is 20.0. The molecule has 0 fully saturated rings. The number of pyridine rings is 1. The van der Waals surface area contributed by atoms with Gasteiger partial charge in [-0.05, 0) is 37.6 Å². The molecule has 0 aliphatic rings. The number of nitrogens with zero attached hydrogens (tertiary/aromatic N) is 2. The van der Waals surface area contributed by atoms with Gasteiger partial charge in [-0.2, -0.15) is 0 Å². The maximum atomic E-state index is 14.1. The third kappa shape index (κ3) is 6.96. The minimum Gasteiger partial charge on any atom is -0.485 e. The molecule has 13 heteroatoms. The number of rotatable bonds is 11. The second-order valence-electron chi connectivity index (χ2n) is 9.73. The highest BCUT2D eigenvalue weighted by molar-refractivity contribution is 5.95. The lowest BCUT2D eigenvalue weighted by atomic mass is 10.1. The number of nitrogens with one attached hydrogen (secondary N) is 2. The number of hydrogen-bond acceptors (Lipinski definition) is 5. The first kappa shape index (κ1) is 30.3. The van der Waals surface area contributed by atoms with E-state index < -0.39 is 60.0 Å². The normalized spacial score (nSPS) is 12.7. The second-order valence-corrected chi connectivity index (χ2v) is 9.73. The number of ether oxygens (including phenoxy) is 2. The Balaban J connectivity index is 1.52. The summed E-state index contributed by atoms with van der Waals surface area (Å²) in [4.78, 5) is 29.7. The first-order valence-electron chi connectivity index (χ1n) is 12.7. The summed E-state index contributed by atoms with van der Waals surface area (Å²) in [5, 5.41) is 4.88. The lowest BCUT2D eigenvalue weighted by molar-refractivity contribution is 0.0915. The molecule has 8 nitrogen and oxygen atoms in total. The molecule has 0 aliphatic carbocycles. The third-order valence-corrected chi connectivity index (χ3v) is 6.33. The van der Waals surface area contributed by atoms with Crippen molar-refractivity contribution in [1.29, 1.82) is 0 Å². The van der Waals surface area contributed by atoms with Crippen LogP contribution in [0.2, 0.25) is 0 Å². The van der Waals surface area contributed by atoms with E-state index in [-0.39, 0.29) is 35.9 Å². The lowest BCUT2D eigenvalue weighted by Crippen LogP contribution is -2.55. The van der Waals surface area contributed by atoms with E-state index in [0.717, 1.165) is 34.4 Å². The molecule has 2 aromatic heterocycles. The van der Waals surface area contributed by atoms with Gasteiger partial charge in [0.2, 0.25) is 0 Å². The summed E-state index contributed by atoms with van der Waals surface area (Å²) in [6.45, 7) is 0.650. The number of carbonyl (C=O) groups excluding carboxylic acids is 2. The van der Waals surface area contributed by atoms with E-state index in [2.05, 4.69) is 15.6 Å². The number of carbonyl (C=O) groups is 2. The van der Waals surface area contributed by atoms with Crippen molar-refractivity contribution in [3.8, 4) is 5.75 Å². The molecule has 2 N–H and O–H groups in total. The zero-order valence-electron chi connectivity index (χ0n) is 22.6. The summed E-state index contributed by atoms with van der Waals surface area (Å²) in [5.41, 5.74) is -1.93. The van der Waals surface area contributed by atoms with Crippen LogP contribution in [0.15, 0.2) is 60.8 Å². The zero-order valence-corrected chi connectivity index (χ0v) is 22.6. The van der Waals surface area contributed by atoms with Gasteiger partial charge in [0, 0.05) is 18.3 Å². The average Bonchev–Trinajstić information content (AvgIpc) is 3.31. The Hall–Kier alpha value is -4.68. The number of fused-ring (bicyclic) bond motifs is 1. The number of amides is 2. The summed E-state index contributed by atoms with van der Waals surface area (Å²) >= 11 is 0. The van der Waals surface area contributed by atoms with Crippen LogP contribution in [0.4, 0.5) is 26.7 Å². The molecule has 2 heterocycles. The monoisotopic (exact) mass is 590 g/mol. The van der Waals surface area contributed by atoms with Crippen LogP contribution in [0.25, 0.3) is 5.65 Å². The van der Waals surface area contributed by atoms with Crippen molar-refractivity contribution < 1.29 is 41.0 Å². The van der Waals surface area contributed by atoms with Crippen molar-refractivity contribution in [3.63, 3.8) is 0 Å². The predicted octanol–water partition coefficient (Wildman–Crippen LogP) is 5.82. The SMILES string of the molecule is Cc1nc2c(OCc3c(F)cccc3F)cc(C(F)F)cn2c1C(=O)NCC(C)(CF)NC(=O)OCc1ccccc1. The maximum Gasteiger partial charge on any atom is 0.408 e. The summed E-state index contributed by atoms with van der Waals surface area (Å²) in [6.07, 6.45) is -2.91. The molecule has 2 aromatic carbocycles. The standard InChI is InChI=1S/C29H27F5N4O4/c1-17-24(27(39)35-16-29(2,15-30)37-28(40)42-13-18-7-4-3-5-8-18)38-12-19(25(33)34)11-23(26(38)36-17)41-14-20-21(31)9-6-10-22(20)32/h3-12,25H,13-16H2,1-2H3,(H,35,39)(H,37,40). The van der Waals surface area contributed by atoms with Gasteiger partial charge in [0.1, 0.15) is 37.2 Å². The van der Waals surface area contributed by atoms with Gasteiger partial charge in [-0.1, -0.05) is 36.4 Å². The number of halogens is 5. The number of imidazole rings is 1. The third-order valence-electron chi connectivity index (χ3n) is 6.33. The van der Waals surface area contributed by atoms with E-state index in [1.54, 1.807) is 30.3 Å². The van der Waals surface area contributed by atoms with E-state index in [4.69, 9.17) is 9.47 Å². The fraction of sp³-hybridized carbons (Fsp3) is 0.276. The second kappa shape index (κ2) is 12.9. The van der Waals surface area contributed by atoms with Crippen LogP contribution < -0.4 is 15.4 Å². The highest BCUT2D eigenvalue weighted by Crippen LogP contribution is 2.30. The molecular formula is C29H27F5N4O4. The number of alkyl carbamates (subject to hydrolysis) is 1. The minimum absolute atomic E-state index is 0.0527. The molecule has 1 unspecified atom stereocenters. The van der Waals surface area contributed by atoms with Crippen molar-refractivity contribution in [1.82, 2.24) is 20.0 Å². The molecule has 0 saturated heterocycles. The van der Waals surface area contributed by atoms with Gasteiger partial charge in [0.05, 0.1) is 16.8 Å². The van der Waals surface area contributed by atoms with Crippen LogP contribution in [0, 0.1) is 18.6 Å². The van der Waals surface area contributed by atoms with Gasteiger partial charge in [-0.3, -0.25) is 9.20 Å². The summed E-state index contributed by atoms with van der Waals surface area (Å²) in [5.74, 6) is -2.82. The zero-order chi connectivity index (χ0) is 30.4. The molecular weight excluding hydrogens is 563 g/mol. The average molecular weight is 591 g/mol. The highest BCUT2D eigenvalue weighted by Gasteiger charge is 2.30. The highest BCUT2D eigenvalue weighted by atomic mass is 19.3. The van der Waals surface area contributed by atoms with Crippen LogP contribution in [0.3, 0.4) is 0 Å². The summed E-state index contributed by atoms with van der Waals surface area (Å²) < 4.78 is 81.3. The predicted molar refractivity (Wildman–Crippen MR) is 142 cm³/mol. The molecule has 2 amide bonds. The van der Waals surface area contributed by atoms with E-state index in [1.165, 1.54) is 19.9 Å². The molecule has 42 heavy (non-hydrogen) atoms.